The van der Waals surface area contributed by atoms with E-state index in [9.17, 15) is 4.79 Å². The van der Waals surface area contributed by atoms with Gasteiger partial charge in [0.2, 0.25) is 5.88 Å². The van der Waals surface area contributed by atoms with Gasteiger partial charge in [-0.25, -0.2) is 4.98 Å². The number of methoxy groups -OCH3 is 1. The van der Waals surface area contributed by atoms with Crippen LogP contribution in [0, 0.1) is 0 Å². The van der Waals surface area contributed by atoms with Gasteiger partial charge in [0.1, 0.15) is 22.9 Å². The summed E-state index contributed by atoms with van der Waals surface area (Å²) < 4.78 is 9.53. The lowest BCUT2D eigenvalue weighted by Crippen LogP contribution is -2.58. The summed E-state index contributed by atoms with van der Waals surface area (Å²) in [7, 11) is 3.71. The summed E-state index contributed by atoms with van der Waals surface area (Å²) in [6.07, 6.45) is 5.60. The van der Waals surface area contributed by atoms with Crippen molar-refractivity contribution >= 4 is 11.7 Å². The number of carbonyl (C=O) groups is 1. The molecule has 192 valence electrons. The molecule has 1 N–H and O–H groups in total. The van der Waals surface area contributed by atoms with Crippen LogP contribution in [0.2, 0.25) is 0 Å². The molecule has 10 nitrogen and oxygen atoms in total. The lowest BCUT2D eigenvalue weighted by atomic mass is 9.77. The van der Waals surface area contributed by atoms with E-state index in [1.165, 1.54) is 7.11 Å². The maximum absolute atomic E-state index is 13.3. The van der Waals surface area contributed by atoms with Gasteiger partial charge in [-0.1, -0.05) is 6.07 Å². The van der Waals surface area contributed by atoms with Gasteiger partial charge in [-0.05, 0) is 73.1 Å². The van der Waals surface area contributed by atoms with E-state index in [1.807, 2.05) is 16.8 Å². The van der Waals surface area contributed by atoms with Crippen LogP contribution in [0.25, 0.3) is 11.5 Å². The molecule has 1 fully saturated rings. The van der Waals surface area contributed by atoms with Gasteiger partial charge < -0.3 is 14.6 Å². The highest BCUT2D eigenvalue weighted by Gasteiger charge is 2.44. The van der Waals surface area contributed by atoms with E-state index < -0.39 is 0 Å². The van der Waals surface area contributed by atoms with Gasteiger partial charge in [-0.2, -0.15) is 0 Å². The number of carbonyl (C=O) groups excluding carboxylic acids is 1. The van der Waals surface area contributed by atoms with Crippen LogP contribution in [0.4, 0.5) is 5.82 Å². The first-order valence-electron chi connectivity index (χ1n) is 12.6. The first-order chi connectivity index (χ1) is 17.0. The van der Waals surface area contributed by atoms with Crippen LogP contribution in [-0.4, -0.2) is 65.6 Å². The van der Waals surface area contributed by atoms with Gasteiger partial charge in [-0.3, -0.25) is 14.4 Å². The topological polar surface area (TPSA) is 103 Å². The van der Waals surface area contributed by atoms with Crippen LogP contribution in [0.15, 0.2) is 24.4 Å². The number of anilines is 1. The third kappa shape index (κ3) is 4.17. The largest absolute Gasteiger partial charge is 0.479 e. The molecule has 0 aliphatic carbocycles. The highest BCUT2D eigenvalue weighted by molar-refractivity contribution is 6.05. The maximum atomic E-state index is 13.3. The normalized spacial score (nSPS) is 21.4. The molecular formula is C26H36N8O2. The molecule has 3 aromatic heterocycles. The highest BCUT2D eigenvalue weighted by Crippen LogP contribution is 2.42. The molecular weight excluding hydrogens is 456 g/mol. The second-order valence-electron chi connectivity index (χ2n) is 11.3. The van der Waals surface area contributed by atoms with Gasteiger partial charge in [0.15, 0.2) is 5.82 Å². The molecule has 0 bridgehead atoms. The SMILES string of the molecule is COc1nn(C2CC(C)(C)N(C)C(C)(C)C2)cc1C(=O)Nc1cccc(-c2nnc3n2[C@@H](C)CC3)n1. The number of fused-ring (bicyclic) bond motifs is 1. The summed E-state index contributed by atoms with van der Waals surface area (Å²) in [4.78, 5) is 20.4. The molecule has 1 saturated heterocycles. The minimum atomic E-state index is -0.311. The minimum absolute atomic E-state index is 0.00222. The van der Waals surface area contributed by atoms with Crippen LogP contribution in [-0.2, 0) is 6.42 Å². The Labute approximate surface area is 212 Å². The molecule has 10 heteroatoms. The molecule has 0 spiro atoms. The number of likely N-dealkylation sites (tertiary alicyclic amines) is 1. The Morgan fingerprint density at radius 3 is 2.56 bits per heavy atom. The Morgan fingerprint density at radius 2 is 1.86 bits per heavy atom. The van der Waals surface area contributed by atoms with E-state index in [4.69, 9.17) is 4.74 Å². The van der Waals surface area contributed by atoms with Gasteiger partial charge in [0.25, 0.3) is 5.91 Å². The Morgan fingerprint density at radius 1 is 1.14 bits per heavy atom. The summed E-state index contributed by atoms with van der Waals surface area (Å²) in [5.41, 5.74) is 1.06. The third-order valence-corrected chi connectivity index (χ3v) is 8.01. The molecule has 2 aliphatic heterocycles. The van der Waals surface area contributed by atoms with Gasteiger partial charge in [-0.15, -0.1) is 15.3 Å². The maximum Gasteiger partial charge on any atom is 0.263 e. The van der Waals surface area contributed by atoms with E-state index in [0.29, 0.717) is 29.0 Å². The van der Waals surface area contributed by atoms with E-state index >= 15 is 0 Å². The number of rotatable bonds is 5. The second-order valence-corrected chi connectivity index (χ2v) is 11.3. The standard InChI is InChI=1S/C26H36N8O2/c1-16-11-12-21-29-30-22(34(16)21)19-9-8-10-20(27-19)28-23(35)18-15-33(31-24(18)36-7)17-13-25(2,3)32(6)26(4,5)14-17/h8-10,15-17H,11-14H2,1-7H3,(H,27,28,35)/t16-/m0/s1. The average Bonchev–Trinajstić information content (AvgIpc) is 3.53. The fraction of sp³-hybridized carbons (Fsp3) is 0.577. The smallest absolute Gasteiger partial charge is 0.263 e. The van der Waals surface area contributed by atoms with E-state index in [2.05, 4.69) is 76.7 Å². The van der Waals surface area contributed by atoms with Crippen molar-refractivity contribution in [1.29, 1.82) is 0 Å². The molecule has 36 heavy (non-hydrogen) atoms. The number of piperidine rings is 1. The number of amides is 1. The zero-order valence-corrected chi connectivity index (χ0v) is 22.2. The van der Waals surface area contributed by atoms with Crippen LogP contribution in [0.5, 0.6) is 5.88 Å². The number of nitrogens with zero attached hydrogens (tertiary/aromatic N) is 7. The Balaban J connectivity index is 1.39. The van der Waals surface area contributed by atoms with E-state index in [0.717, 1.165) is 37.3 Å². The van der Waals surface area contributed by atoms with Crippen LogP contribution < -0.4 is 10.1 Å². The molecule has 1 amide bonds. The van der Waals surface area contributed by atoms with Gasteiger partial charge >= 0.3 is 0 Å². The highest BCUT2D eigenvalue weighted by atomic mass is 16.5. The van der Waals surface area contributed by atoms with Crippen molar-refractivity contribution in [3.63, 3.8) is 0 Å². The number of ether oxygens (including phenoxy) is 1. The van der Waals surface area contributed by atoms with E-state index in [-0.39, 0.29) is 23.0 Å². The minimum Gasteiger partial charge on any atom is -0.479 e. The van der Waals surface area contributed by atoms with Crippen molar-refractivity contribution in [3.8, 4) is 17.4 Å². The van der Waals surface area contributed by atoms with Crippen molar-refractivity contribution in [2.75, 3.05) is 19.5 Å². The van der Waals surface area contributed by atoms with Crippen LogP contribution >= 0.6 is 0 Å². The Bertz CT molecular complexity index is 1270. The Hall–Kier alpha value is -3.27. The summed E-state index contributed by atoms with van der Waals surface area (Å²) in [5, 5.41) is 16.2. The van der Waals surface area contributed by atoms with Crippen molar-refractivity contribution in [2.45, 2.75) is 83.5 Å². The van der Waals surface area contributed by atoms with E-state index in [1.54, 1.807) is 12.3 Å². The van der Waals surface area contributed by atoms with Crippen LogP contribution in [0.1, 0.15) is 82.1 Å². The number of hydrogen-bond donors (Lipinski definition) is 1. The van der Waals surface area contributed by atoms with Crippen molar-refractivity contribution in [1.82, 2.24) is 34.4 Å². The lowest BCUT2D eigenvalue weighted by molar-refractivity contribution is -0.0287. The predicted octanol–water partition coefficient (Wildman–Crippen LogP) is 4.13. The predicted molar refractivity (Wildman–Crippen MR) is 137 cm³/mol. The zero-order valence-electron chi connectivity index (χ0n) is 22.2. The fourth-order valence-corrected chi connectivity index (χ4v) is 5.79. The van der Waals surface area contributed by atoms with Crippen LogP contribution in [0.3, 0.4) is 0 Å². The number of nitrogens with one attached hydrogen (secondary N) is 1. The monoisotopic (exact) mass is 492 g/mol. The molecule has 0 unspecified atom stereocenters. The number of aromatic nitrogens is 6. The average molecular weight is 493 g/mol. The third-order valence-electron chi connectivity index (χ3n) is 8.01. The molecule has 5 rings (SSSR count). The molecule has 2 aliphatic rings. The molecule has 3 aromatic rings. The number of hydrogen-bond acceptors (Lipinski definition) is 7. The number of aryl methyl sites for hydroxylation is 1. The van der Waals surface area contributed by atoms with Crippen molar-refractivity contribution < 1.29 is 9.53 Å². The summed E-state index contributed by atoms with van der Waals surface area (Å²) >= 11 is 0. The summed E-state index contributed by atoms with van der Waals surface area (Å²) in [6, 6.07) is 6.00. The van der Waals surface area contributed by atoms with Gasteiger partial charge in [0.05, 0.1) is 13.2 Å². The van der Waals surface area contributed by atoms with Crippen molar-refractivity contribution in [3.05, 3.63) is 35.8 Å². The lowest BCUT2D eigenvalue weighted by Gasteiger charge is -2.53. The Kier molecular flexibility index (Phi) is 5.89. The summed E-state index contributed by atoms with van der Waals surface area (Å²) in [5.74, 6) is 2.14. The fourth-order valence-electron chi connectivity index (χ4n) is 5.79. The molecule has 1 atom stereocenters. The molecule has 5 heterocycles. The molecule has 0 radical (unpaired) electrons. The zero-order chi connectivity index (χ0) is 25.8. The quantitative estimate of drug-likeness (QED) is 0.571. The first kappa shape index (κ1) is 24.4. The van der Waals surface area contributed by atoms with Crippen molar-refractivity contribution in [2.24, 2.45) is 0 Å². The molecule has 0 aromatic carbocycles. The second kappa shape index (κ2) is 8.69. The van der Waals surface area contributed by atoms with Gasteiger partial charge in [0, 0.05) is 29.7 Å². The number of pyridine rings is 1. The molecule has 0 saturated carbocycles. The first-order valence-corrected chi connectivity index (χ1v) is 12.6. The summed E-state index contributed by atoms with van der Waals surface area (Å²) in [6.45, 7) is 11.2.